The number of nitrogens with two attached hydrogens (primary N) is 1. The van der Waals surface area contributed by atoms with E-state index in [1.165, 1.54) is 12.1 Å². The predicted molar refractivity (Wildman–Crippen MR) is 86.1 cm³/mol. The highest BCUT2D eigenvalue weighted by Crippen LogP contribution is 2.32. The summed E-state index contributed by atoms with van der Waals surface area (Å²) in [4.78, 5) is 22.3. The Morgan fingerprint density at radius 1 is 1.29 bits per heavy atom. The fourth-order valence-corrected chi connectivity index (χ4v) is 2.86. The average molecular weight is 330 g/mol. The lowest BCUT2D eigenvalue weighted by molar-refractivity contribution is -0.130. The molecule has 0 unspecified atom stereocenters. The second kappa shape index (κ2) is 7.35. The minimum Gasteiger partial charge on any atom is -0.437 e. The van der Waals surface area contributed by atoms with Gasteiger partial charge in [0, 0.05) is 31.4 Å². The standard InChI is InChI=1S/C17H19FN4O2/c18-13-3-5-14(6-4-13)24-17-16(20-7-8-21-17)12-2-1-9-22(11-12)15(23)10-19/h3-8,12H,1-2,9-11,19H2/t12-/m1/s1. The van der Waals surface area contributed by atoms with Crippen LogP contribution in [-0.2, 0) is 4.79 Å². The zero-order valence-corrected chi connectivity index (χ0v) is 13.2. The highest BCUT2D eigenvalue weighted by molar-refractivity contribution is 5.78. The Labute approximate surface area is 139 Å². The summed E-state index contributed by atoms with van der Waals surface area (Å²) < 4.78 is 18.8. The Bertz CT molecular complexity index is 708. The molecule has 24 heavy (non-hydrogen) atoms. The van der Waals surface area contributed by atoms with Crippen molar-refractivity contribution in [1.29, 1.82) is 0 Å². The molecule has 1 aliphatic rings. The molecule has 7 heteroatoms. The van der Waals surface area contributed by atoms with Gasteiger partial charge in [-0.3, -0.25) is 9.78 Å². The summed E-state index contributed by atoms with van der Waals surface area (Å²) in [6.45, 7) is 1.27. The number of halogens is 1. The monoisotopic (exact) mass is 330 g/mol. The topological polar surface area (TPSA) is 81.3 Å². The van der Waals surface area contributed by atoms with Gasteiger partial charge in [-0.25, -0.2) is 9.37 Å². The summed E-state index contributed by atoms with van der Waals surface area (Å²) in [7, 11) is 0. The van der Waals surface area contributed by atoms with Gasteiger partial charge in [0.05, 0.1) is 6.54 Å². The molecule has 1 aromatic heterocycles. The van der Waals surface area contributed by atoms with Crippen molar-refractivity contribution >= 4 is 5.91 Å². The van der Waals surface area contributed by atoms with Crippen LogP contribution in [-0.4, -0.2) is 40.4 Å². The Kier molecular flexibility index (Phi) is 5.00. The molecule has 0 aliphatic carbocycles. The van der Waals surface area contributed by atoms with Gasteiger partial charge in [0.15, 0.2) is 0 Å². The summed E-state index contributed by atoms with van der Waals surface area (Å²) in [6, 6.07) is 5.74. The first-order valence-electron chi connectivity index (χ1n) is 7.89. The van der Waals surface area contributed by atoms with Crippen LogP contribution in [0.25, 0.3) is 0 Å². The van der Waals surface area contributed by atoms with Crippen LogP contribution in [0.4, 0.5) is 4.39 Å². The lowest BCUT2D eigenvalue weighted by atomic mass is 9.94. The maximum absolute atomic E-state index is 13.0. The summed E-state index contributed by atoms with van der Waals surface area (Å²) in [6.07, 6.45) is 4.93. The quantitative estimate of drug-likeness (QED) is 0.928. The fraction of sp³-hybridized carbons (Fsp3) is 0.353. The number of carbonyl (C=O) groups excluding carboxylic acids is 1. The summed E-state index contributed by atoms with van der Waals surface area (Å²) in [5.41, 5.74) is 6.16. The molecule has 0 saturated carbocycles. The van der Waals surface area contributed by atoms with Crippen molar-refractivity contribution in [2.45, 2.75) is 18.8 Å². The molecular weight excluding hydrogens is 311 g/mol. The first kappa shape index (κ1) is 16.3. The molecule has 3 rings (SSSR count). The van der Waals surface area contributed by atoms with Crippen LogP contribution < -0.4 is 10.5 Å². The van der Waals surface area contributed by atoms with Gasteiger partial charge in [0.25, 0.3) is 0 Å². The number of hydrogen-bond acceptors (Lipinski definition) is 5. The van der Waals surface area contributed by atoms with E-state index >= 15 is 0 Å². The molecule has 6 nitrogen and oxygen atoms in total. The Hall–Kier alpha value is -2.54. The average Bonchev–Trinajstić information content (AvgIpc) is 2.63. The van der Waals surface area contributed by atoms with Crippen LogP contribution in [0, 0.1) is 5.82 Å². The number of rotatable bonds is 4. The van der Waals surface area contributed by atoms with E-state index in [9.17, 15) is 9.18 Å². The van der Waals surface area contributed by atoms with Gasteiger partial charge >= 0.3 is 0 Å². The fourth-order valence-electron chi connectivity index (χ4n) is 2.86. The first-order chi connectivity index (χ1) is 11.7. The van der Waals surface area contributed by atoms with Crippen LogP contribution in [0.15, 0.2) is 36.7 Å². The van der Waals surface area contributed by atoms with Gasteiger partial charge in [-0.05, 0) is 37.1 Å². The molecule has 126 valence electrons. The van der Waals surface area contributed by atoms with Gasteiger partial charge in [0.2, 0.25) is 11.8 Å². The normalized spacial score (nSPS) is 17.6. The molecule has 1 aliphatic heterocycles. The van der Waals surface area contributed by atoms with Crippen LogP contribution in [0.3, 0.4) is 0 Å². The van der Waals surface area contributed by atoms with Crippen LogP contribution in [0.5, 0.6) is 11.6 Å². The lowest BCUT2D eigenvalue weighted by Gasteiger charge is -2.32. The summed E-state index contributed by atoms with van der Waals surface area (Å²) in [5, 5.41) is 0. The third-order valence-electron chi connectivity index (χ3n) is 4.05. The molecule has 0 spiro atoms. The summed E-state index contributed by atoms with van der Waals surface area (Å²) in [5.74, 6) is 0.521. The highest BCUT2D eigenvalue weighted by Gasteiger charge is 2.27. The van der Waals surface area contributed by atoms with E-state index in [1.807, 2.05) is 0 Å². The van der Waals surface area contributed by atoms with Gasteiger partial charge in [-0.1, -0.05) is 0 Å². The Morgan fingerprint density at radius 3 is 2.79 bits per heavy atom. The first-order valence-corrected chi connectivity index (χ1v) is 7.89. The smallest absolute Gasteiger partial charge is 0.241 e. The Morgan fingerprint density at radius 2 is 2.04 bits per heavy atom. The number of benzene rings is 1. The van der Waals surface area contributed by atoms with E-state index < -0.39 is 0 Å². The minimum atomic E-state index is -0.329. The minimum absolute atomic E-state index is 0.00608. The van der Waals surface area contributed by atoms with Crippen LogP contribution in [0.1, 0.15) is 24.5 Å². The number of hydrogen-bond donors (Lipinski definition) is 1. The predicted octanol–water partition coefficient (Wildman–Crippen LogP) is 2.07. The van der Waals surface area contributed by atoms with Crippen molar-refractivity contribution in [1.82, 2.24) is 14.9 Å². The molecule has 1 amide bonds. The number of aromatic nitrogens is 2. The van der Waals surface area contributed by atoms with Crippen molar-refractivity contribution in [3.8, 4) is 11.6 Å². The van der Waals surface area contributed by atoms with Crippen LogP contribution >= 0.6 is 0 Å². The SMILES string of the molecule is NCC(=O)N1CCC[C@@H](c2nccnc2Oc2ccc(F)cc2)C1. The van der Waals surface area contributed by atoms with Crippen molar-refractivity contribution < 1.29 is 13.9 Å². The zero-order valence-electron chi connectivity index (χ0n) is 13.2. The van der Waals surface area contributed by atoms with E-state index in [0.29, 0.717) is 30.4 Å². The molecule has 1 aromatic carbocycles. The molecule has 2 heterocycles. The third kappa shape index (κ3) is 3.68. The molecule has 0 bridgehead atoms. The summed E-state index contributed by atoms with van der Waals surface area (Å²) >= 11 is 0. The van der Waals surface area contributed by atoms with E-state index in [-0.39, 0.29) is 24.2 Å². The molecule has 1 saturated heterocycles. The molecular formula is C17H19FN4O2. The van der Waals surface area contributed by atoms with Gasteiger partial charge in [0.1, 0.15) is 17.3 Å². The number of carbonyl (C=O) groups is 1. The van der Waals surface area contributed by atoms with Crippen molar-refractivity contribution in [2.24, 2.45) is 5.73 Å². The van der Waals surface area contributed by atoms with Gasteiger partial charge < -0.3 is 15.4 Å². The van der Waals surface area contributed by atoms with Crippen molar-refractivity contribution in [3.05, 3.63) is 48.2 Å². The maximum Gasteiger partial charge on any atom is 0.241 e. The number of piperidine rings is 1. The van der Waals surface area contributed by atoms with Crippen LogP contribution in [0.2, 0.25) is 0 Å². The molecule has 1 atom stereocenters. The van der Waals surface area contributed by atoms with E-state index in [0.717, 1.165) is 12.8 Å². The molecule has 1 fully saturated rings. The molecule has 0 radical (unpaired) electrons. The maximum atomic E-state index is 13.0. The lowest BCUT2D eigenvalue weighted by Crippen LogP contribution is -2.42. The van der Waals surface area contributed by atoms with Crippen molar-refractivity contribution in [2.75, 3.05) is 19.6 Å². The van der Waals surface area contributed by atoms with E-state index in [1.54, 1.807) is 29.4 Å². The van der Waals surface area contributed by atoms with E-state index in [4.69, 9.17) is 10.5 Å². The van der Waals surface area contributed by atoms with Gasteiger partial charge in [-0.15, -0.1) is 0 Å². The second-order valence-electron chi connectivity index (χ2n) is 5.69. The molecule has 2 N–H and O–H groups in total. The largest absolute Gasteiger partial charge is 0.437 e. The van der Waals surface area contributed by atoms with Crippen molar-refractivity contribution in [3.63, 3.8) is 0 Å². The number of ether oxygens (including phenoxy) is 1. The number of amides is 1. The third-order valence-corrected chi connectivity index (χ3v) is 4.05. The highest BCUT2D eigenvalue weighted by atomic mass is 19.1. The van der Waals surface area contributed by atoms with E-state index in [2.05, 4.69) is 9.97 Å². The number of nitrogens with zero attached hydrogens (tertiary/aromatic N) is 3. The number of likely N-dealkylation sites (tertiary alicyclic amines) is 1. The molecule has 2 aromatic rings. The second-order valence-corrected chi connectivity index (χ2v) is 5.69. The zero-order chi connectivity index (χ0) is 16.9. The van der Waals surface area contributed by atoms with Gasteiger partial charge in [-0.2, -0.15) is 0 Å². The Balaban J connectivity index is 1.80.